The molecule has 3 rings (SSSR count). The number of nitrogens with two attached hydrogens (primary N) is 1. The number of rotatable bonds is 4. The van der Waals surface area contributed by atoms with Gasteiger partial charge in [-0.05, 0) is 42.4 Å². The summed E-state index contributed by atoms with van der Waals surface area (Å²) in [6.45, 7) is 5.43. The maximum absolute atomic E-state index is 6.31. The summed E-state index contributed by atoms with van der Waals surface area (Å²) in [7, 11) is 0. The number of hydrogen-bond donors (Lipinski definition) is 1. The molecule has 0 unspecified atom stereocenters. The number of nitrogens with zero attached hydrogens (tertiary/aromatic N) is 1. The summed E-state index contributed by atoms with van der Waals surface area (Å²) in [4.78, 5) is 2.48. The van der Waals surface area contributed by atoms with Crippen LogP contribution in [-0.4, -0.2) is 23.5 Å². The molecule has 0 atom stereocenters. The van der Waals surface area contributed by atoms with Crippen molar-refractivity contribution >= 4 is 0 Å². The van der Waals surface area contributed by atoms with Crippen molar-refractivity contribution in [2.24, 2.45) is 5.73 Å². The van der Waals surface area contributed by atoms with Crippen molar-refractivity contribution in [3.63, 3.8) is 0 Å². The molecular formula is C16H24N2. The Morgan fingerprint density at radius 2 is 2.00 bits per heavy atom. The Morgan fingerprint density at radius 1 is 1.22 bits per heavy atom. The van der Waals surface area contributed by atoms with Gasteiger partial charge < -0.3 is 5.73 Å². The number of aryl methyl sites for hydroxylation is 2. The SMILES string of the molecule is CCCC1(N)CN(Cc2ccc3c(c2)CCC3)C1. The van der Waals surface area contributed by atoms with Gasteiger partial charge in [-0.25, -0.2) is 0 Å². The zero-order valence-electron chi connectivity index (χ0n) is 11.4. The minimum absolute atomic E-state index is 0.103. The van der Waals surface area contributed by atoms with Crippen LogP contribution in [0.15, 0.2) is 18.2 Å². The number of benzene rings is 1. The lowest BCUT2D eigenvalue weighted by molar-refractivity contribution is 0.0567. The molecule has 2 nitrogen and oxygen atoms in total. The van der Waals surface area contributed by atoms with Crippen LogP contribution in [0.1, 0.15) is 42.9 Å². The molecule has 0 amide bonds. The highest BCUT2D eigenvalue weighted by atomic mass is 15.2. The summed E-state index contributed by atoms with van der Waals surface area (Å²) < 4.78 is 0. The fourth-order valence-electron chi connectivity index (χ4n) is 3.59. The molecular weight excluding hydrogens is 220 g/mol. The van der Waals surface area contributed by atoms with E-state index in [1.165, 1.54) is 31.2 Å². The van der Waals surface area contributed by atoms with Crippen molar-refractivity contribution < 1.29 is 0 Å². The average Bonchev–Trinajstić information content (AvgIpc) is 2.74. The normalized spacial score (nSPS) is 21.7. The van der Waals surface area contributed by atoms with E-state index in [1.54, 1.807) is 11.1 Å². The van der Waals surface area contributed by atoms with E-state index in [1.807, 2.05) is 0 Å². The molecule has 1 aromatic carbocycles. The van der Waals surface area contributed by atoms with E-state index in [-0.39, 0.29) is 5.54 Å². The molecule has 1 heterocycles. The van der Waals surface area contributed by atoms with Crippen molar-refractivity contribution in [1.82, 2.24) is 4.90 Å². The Bertz CT molecular complexity index is 433. The molecule has 18 heavy (non-hydrogen) atoms. The highest BCUT2D eigenvalue weighted by Gasteiger charge is 2.38. The molecule has 2 heteroatoms. The molecule has 1 aromatic rings. The van der Waals surface area contributed by atoms with Crippen LogP contribution in [0.3, 0.4) is 0 Å². The van der Waals surface area contributed by atoms with Crippen molar-refractivity contribution in [3.8, 4) is 0 Å². The second-order valence-electron chi connectivity index (χ2n) is 6.21. The van der Waals surface area contributed by atoms with Gasteiger partial charge in [-0.1, -0.05) is 31.5 Å². The second-order valence-corrected chi connectivity index (χ2v) is 6.21. The number of hydrogen-bond acceptors (Lipinski definition) is 2. The van der Waals surface area contributed by atoms with Gasteiger partial charge in [0.05, 0.1) is 0 Å². The Hall–Kier alpha value is -0.860. The quantitative estimate of drug-likeness (QED) is 0.881. The Morgan fingerprint density at radius 3 is 2.78 bits per heavy atom. The summed E-state index contributed by atoms with van der Waals surface area (Å²) in [6, 6.07) is 7.05. The lowest BCUT2D eigenvalue weighted by Crippen LogP contribution is -2.66. The highest BCUT2D eigenvalue weighted by Crippen LogP contribution is 2.27. The van der Waals surface area contributed by atoms with Crippen LogP contribution in [0, 0.1) is 0 Å². The first-order valence-corrected chi connectivity index (χ1v) is 7.30. The topological polar surface area (TPSA) is 29.3 Å². The first-order valence-electron chi connectivity index (χ1n) is 7.30. The van der Waals surface area contributed by atoms with Crippen LogP contribution >= 0.6 is 0 Å². The fourth-order valence-corrected chi connectivity index (χ4v) is 3.59. The van der Waals surface area contributed by atoms with Crippen LogP contribution in [0.5, 0.6) is 0 Å². The predicted octanol–water partition coefficient (Wildman–Crippen LogP) is 2.49. The number of likely N-dealkylation sites (tertiary alicyclic amines) is 1. The van der Waals surface area contributed by atoms with Gasteiger partial charge in [-0.3, -0.25) is 4.90 Å². The molecule has 98 valence electrons. The molecule has 0 spiro atoms. The van der Waals surface area contributed by atoms with Gasteiger partial charge in [0.1, 0.15) is 0 Å². The molecule has 2 aliphatic rings. The lowest BCUT2D eigenvalue weighted by Gasteiger charge is -2.48. The van der Waals surface area contributed by atoms with Crippen LogP contribution < -0.4 is 5.73 Å². The lowest BCUT2D eigenvalue weighted by atomic mass is 9.86. The standard InChI is InChI=1S/C16H24N2/c1-2-8-16(17)11-18(12-16)10-13-6-7-14-4-3-5-15(14)9-13/h6-7,9H,2-5,8,10-12,17H2,1H3. The molecule has 1 fully saturated rings. The zero-order valence-corrected chi connectivity index (χ0v) is 11.4. The first-order chi connectivity index (χ1) is 8.68. The second kappa shape index (κ2) is 4.67. The van der Waals surface area contributed by atoms with E-state index in [0.29, 0.717) is 0 Å². The molecule has 2 N–H and O–H groups in total. The molecule has 1 saturated heterocycles. The maximum atomic E-state index is 6.31. The van der Waals surface area contributed by atoms with E-state index in [4.69, 9.17) is 5.73 Å². The summed E-state index contributed by atoms with van der Waals surface area (Å²) in [5.74, 6) is 0. The van der Waals surface area contributed by atoms with Gasteiger partial charge in [-0.2, -0.15) is 0 Å². The fraction of sp³-hybridized carbons (Fsp3) is 0.625. The third kappa shape index (κ3) is 2.32. The van der Waals surface area contributed by atoms with Crippen molar-refractivity contribution in [2.45, 2.75) is 51.1 Å². The van der Waals surface area contributed by atoms with Crippen LogP contribution in [0.4, 0.5) is 0 Å². The Balaban J connectivity index is 1.59. The largest absolute Gasteiger partial charge is 0.323 e. The summed E-state index contributed by atoms with van der Waals surface area (Å²) in [5, 5.41) is 0. The number of fused-ring (bicyclic) bond motifs is 1. The molecule has 0 radical (unpaired) electrons. The average molecular weight is 244 g/mol. The Kier molecular flexibility index (Phi) is 3.16. The van der Waals surface area contributed by atoms with Crippen LogP contribution in [0.2, 0.25) is 0 Å². The Labute approximate surface area is 110 Å². The molecule has 1 aliphatic heterocycles. The van der Waals surface area contributed by atoms with E-state index in [2.05, 4.69) is 30.0 Å². The minimum Gasteiger partial charge on any atom is -0.323 e. The summed E-state index contributed by atoms with van der Waals surface area (Å²) >= 11 is 0. The van der Waals surface area contributed by atoms with E-state index in [0.717, 1.165) is 26.1 Å². The van der Waals surface area contributed by atoms with E-state index >= 15 is 0 Å². The monoisotopic (exact) mass is 244 g/mol. The van der Waals surface area contributed by atoms with Gasteiger partial charge in [0.2, 0.25) is 0 Å². The van der Waals surface area contributed by atoms with Crippen LogP contribution in [0.25, 0.3) is 0 Å². The van der Waals surface area contributed by atoms with Crippen molar-refractivity contribution in [1.29, 1.82) is 0 Å². The molecule has 0 aromatic heterocycles. The van der Waals surface area contributed by atoms with Gasteiger partial charge >= 0.3 is 0 Å². The van der Waals surface area contributed by atoms with E-state index < -0.39 is 0 Å². The highest BCUT2D eigenvalue weighted by molar-refractivity contribution is 5.35. The summed E-state index contributed by atoms with van der Waals surface area (Å²) in [6.07, 6.45) is 6.25. The zero-order chi connectivity index (χ0) is 12.6. The van der Waals surface area contributed by atoms with Crippen molar-refractivity contribution in [2.75, 3.05) is 13.1 Å². The molecule has 0 saturated carbocycles. The third-order valence-electron chi connectivity index (χ3n) is 4.39. The molecule has 0 bridgehead atoms. The van der Waals surface area contributed by atoms with Gasteiger partial charge in [0, 0.05) is 25.2 Å². The van der Waals surface area contributed by atoms with Crippen LogP contribution in [-0.2, 0) is 19.4 Å². The van der Waals surface area contributed by atoms with Gasteiger partial charge in [0.15, 0.2) is 0 Å². The first kappa shape index (κ1) is 12.2. The molecule has 1 aliphatic carbocycles. The van der Waals surface area contributed by atoms with E-state index in [9.17, 15) is 0 Å². The van der Waals surface area contributed by atoms with Crippen molar-refractivity contribution in [3.05, 3.63) is 34.9 Å². The summed E-state index contributed by atoms with van der Waals surface area (Å²) in [5.41, 5.74) is 11.0. The third-order valence-corrected chi connectivity index (χ3v) is 4.39. The maximum Gasteiger partial charge on any atom is 0.0412 e. The van der Waals surface area contributed by atoms with Gasteiger partial charge in [-0.15, -0.1) is 0 Å². The minimum atomic E-state index is 0.103. The smallest absolute Gasteiger partial charge is 0.0412 e. The predicted molar refractivity (Wildman–Crippen MR) is 75.6 cm³/mol. The van der Waals surface area contributed by atoms with Gasteiger partial charge in [0.25, 0.3) is 0 Å².